The Kier molecular flexibility index (Phi) is 30.5. The van der Waals surface area contributed by atoms with E-state index in [1.165, 1.54) is 5.56 Å². The minimum Gasteiger partial charge on any atom is -0.379 e. The standard InChI is InChI=1S/C74H106N10O11/c1-5-61(75-3)70(88)78-68-55(28-17-16-25-52-21-10-7-11-22-52)31-35-59-38-42-64(84(59)74(68)92)72(90)77-67(54-26-14-9-15-27-54)66(87)29-18-19-45-93-47-49-95-50-48-94-46-20-44-82-51-57(80-81-82)34-40-60(85)39-33-56-32-36-58-37-41-63(65(86)43-30-53-23-12-8-13-24-53)83(58)73(91)69(56)79-71(89)62(6-2)76-4/h7-15,21-24,26-27,51,55-56,58-59,61-64,67-69,75-76H,5-6,16-20,25,28-50H2,1-4H3,(H,77,90)(H,78,88)(H,79,89)/t55-,56+,58-,59-,61-,62-,63-,64-,67-,68-,69-/m0/s1. The maximum absolute atomic E-state index is 14.8. The van der Waals surface area contributed by atoms with E-state index in [0.717, 1.165) is 56.9 Å². The zero-order valence-electron chi connectivity index (χ0n) is 56.7. The van der Waals surface area contributed by atoms with Crippen LogP contribution in [0, 0.1) is 11.8 Å². The second kappa shape index (κ2) is 39.2. The molecule has 4 aliphatic heterocycles. The number of ketones is 3. The van der Waals surface area contributed by atoms with E-state index in [1.807, 2.05) is 98.9 Å². The quantitative estimate of drug-likeness (QED) is 0.0266. The number of amides is 5. The molecule has 1 aromatic heterocycles. The highest BCUT2D eigenvalue weighted by molar-refractivity contribution is 5.97. The minimum atomic E-state index is -0.883. The van der Waals surface area contributed by atoms with Crippen LogP contribution in [0.3, 0.4) is 0 Å². The molecule has 0 bridgehead atoms. The molecule has 3 aromatic carbocycles. The van der Waals surface area contributed by atoms with Gasteiger partial charge in [-0.25, -0.2) is 0 Å². The first-order valence-corrected chi connectivity index (χ1v) is 35.5. The molecule has 4 fully saturated rings. The van der Waals surface area contributed by atoms with Gasteiger partial charge in [-0.2, -0.15) is 0 Å². The number of carbonyl (C=O) groups excluding carboxylic acids is 8. The summed E-state index contributed by atoms with van der Waals surface area (Å²) in [7, 11) is 3.47. The van der Waals surface area contributed by atoms with Crippen LogP contribution in [0.1, 0.15) is 177 Å². The first-order chi connectivity index (χ1) is 46.3. The SMILES string of the molecule is CC[C@H](NC)C(=O)N[C@@H]1C(=O)N2[C@@H](CC[C@@H]1CCC(=O)CCc1cn(CCCOCCOCCOCCCCC(=O)[C@@H](NC(=O)[C@@H]3CC[C@@H]4CC[C@H](CCCCc5ccccc5)[C@H](NC(=O)[C@H](CC)NC)C(=O)N43)c3ccccc3)nn1)CC[C@H]2C(=O)CCc1ccccc1. The third-order valence-electron chi connectivity index (χ3n) is 19.9. The predicted molar refractivity (Wildman–Crippen MR) is 363 cm³/mol. The average Bonchev–Trinajstić information content (AvgIpc) is 1.66. The van der Waals surface area contributed by atoms with Crippen molar-refractivity contribution in [2.75, 3.05) is 53.7 Å². The lowest BCUT2D eigenvalue weighted by Crippen LogP contribution is -2.58. The molecule has 0 saturated carbocycles. The van der Waals surface area contributed by atoms with Gasteiger partial charge in [0.25, 0.3) is 0 Å². The first-order valence-electron chi connectivity index (χ1n) is 35.5. The molecule has 5 amide bonds. The lowest BCUT2D eigenvalue weighted by Gasteiger charge is -2.33. The molecule has 5 heterocycles. The summed E-state index contributed by atoms with van der Waals surface area (Å²) in [4.78, 5) is 115. The third-order valence-corrected chi connectivity index (χ3v) is 19.9. The minimum absolute atomic E-state index is 0.0500. The van der Waals surface area contributed by atoms with Crippen LogP contribution in [0.4, 0.5) is 0 Å². The summed E-state index contributed by atoms with van der Waals surface area (Å²) < 4.78 is 19.1. The van der Waals surface area contributed by atoms with Crippen molar-refractivity contribution in [2.45, 2.75) is 229 Å². The number of carbonyl (C=O) groups is 8. The summed E-state index contributed by atoms with van der Waals surface area (Å²) in [5, 5.41) is 24.0. The highest BCUT2D eigenvalue weighted by atomic mass is 16.5. The van der Waals surface area contributed by atoms with Gasteiger partial charge in [0.2, 0.25) is 29.5 Å². The van der Waals surface area contributed by atoms with Gasteiger partial charge in [-0.1, -0.05) is 116 Å². The topological polar surface area (TPSA) is 262 Å². The zero-order valence-corrected chi connectivity index (χ0v) is 56.7. The fraction of sp³-hybridized carbons (Fsp3) is 0.622. The summed E-state index contributed by atoms with van der Waals surface area (Å²) in [6, 6.07) is 24.6. The van der Waals surface area contributed by atoms with Gasteiger partial charge in [0, 0.05) is 63.7 Å². The van der Waals surface area contributed by atoms with Crippen LogP contribution in [-0.4, -0.2) is 174 Å². The lowest BCUT2D eigenvalue weighted by molar-refractivity contribution is -0.144. The molecular formula is C74H106N10O11. The fourth-order valence-corrected chi connectivity index (χ4v) is 14.5. The molecule has 518 valence electrons. The molecule has 0 aliphatic carbocycles. The Morgan fingerprint density at radius 2 is 1.06 bits per heavy atom. The van der Waals surface area contributed by atoms with Gasteiger partial charge in [0.15, 0.2) is 11.6 Å². The van der Waals surface area contributed by atoms with Crippen molar-refractivity contribution < 1.29 is 52.6 Å². The number of rotatable bonds is 42. The van der Waals surface area contributed by atoms with Crippen LogP contribution >= 0.6 is 0 Å². The molecule has 11 atom stereocenters. The maximum Gasteiger partial charge on any atom is 0.246 e. The Labute approximate surface area is 562 Å². The zero-order chi connectivity index (χ0) is 67.3. The van der Waals surface area contributed by atoms with Crippen molar-refractivity contribution >= 4 is 46.9 Å². The van der Waals surface area contributed by atoms with Gasteiger partial charge in [-0.05, 0) is 165 Å². The summed E-state index contributed by atoms with van der Waals surface area (Å²) in [5.74, 6) is -1.59. The summed E-state index contributed by atoms with van der Waals surface area (Å²) >= 11 is 0. The highest BCUT2D eigenvalue weighted by Crippen LogP contribution is 2.38. The number of aryl methyl sites for hydroxylation is 4. The van der Waals surface area contributed by atoms with Crippen molar-refractivity contribution in [1.82, 2.24) is 51.4 Å². The van der Waals surface area contributed by atoms with Crippen molar-refractivity contribution in [1.29, 1.82) is 0 Å². The van der Waals surface area contributed by atoms with Crippen LogP contribution in [0.15, 0.2) is 97.2 Å². The van der Waals surface area contributed by atoms with E-state index in [-0.39, 0.29) is 90.1 Å². The van der Waals surface area contributed by atoms with Crippen LogP contribution in [0.2, 0.25) is 0 Å². The monoisotopic (exact) mass is 1310 g/mol. The number of unbranched alkanes of at least 4 members (excludes halogenated alkanes) is 2. The molecule has 8 rings (SSSR count). The van der Waals surface area contributed by atoms with E-state index in [2.05, 4.69) is 49.0 Å². The number of hydrogen-bond donors (Lipinski definition) is 5. The van der Waals surface area contributed by atoms with E-state index in [1.54, 1.807) is 28.6 Å². The number of aromatic nitrogens is 3. The van der Waals surface area contributed by atoms with E-state index in [4.69, 9.17) is 14.2 Å². The molecule has 0 unspecified atom stereocenters. The van der Waals surface area contributed by atoms with Crippen LogP contribution in [-0.2, 0) is 78.4 Å². The van der Waals surface area contributed by atoms with Crippen molar-refractivity contribution in [3.8, 4) is 0 Å². The molecule has 4 aliphatic rings. The molecule has 5 N–H and O–H groups in total. The number of likely N-dealkylation sites (N-methyl/N-ethyl adjacent to an activating group) is 2. The molecule has 4 aromatic rings. The van der Waals surface area contributed by atoms with Gasteiger partial charge >= 0.3 is 0 Å². The Balaban J connectivity index is 0.690. The molecule has 0 spiro atoms. The Morgan fingerprint density at radius 3 is 1.65 bits per heavy atom. The normalized spacial score (nSPS) is 22.0. The van der Waals surface area contributed by atoms with Gasteiger partial charge in [0.05, 0.1) is 50.2 Å². The van der Waals surface area contributed by atoms with Crippen molar-refractivity contribution in [3.63, 3.8) is 0 Å². The van der Waals surface area contributed by atoms with Gasteiger partial charge in [-0.15, -0.1) is 5.10 Å². The van der Waals surface area contributed by atoms with Crippen molar-refractivity contribution in [3.05, 3.63) is 120 Å². The average molecular weight is 1310 g/mol. The fourth-order valence-electron chi connectivity index (χ4n) is 14.5. The number of fused-ring (bicyclic) bond motifs is 2. The number of Topliss-reactive ketones (excluding diaryl/α,β-unsaturated/α-hetero) is 3. The number of ether oxygens (including phenoxy) is 3. The predicted octanol–water partition coefficient (Wildman–Crippen LogP) is 7.72. The molecule has 0 radical (unpaired) electrons. The first kappa shape index (κ1) is 73.8. The van der Waals surface area contributed by atoms with Crippen molar-refractivity contribution in [2.24, 2.45) is 11.8 Å². The molecule has 21 nitrogen and oxygen atoms in total. The molecule has 21 heteroatoms. The number of benzene rings is 3. The van der Waals surface area contributed by atoms with Gasteiger partial charge < -0.3 is 50.6 Å². The highest BCUT2D eigenvalue weighted by Gasteiger charge is 2.49. The number of nitrogens with one attached hydrogen (secondary N) is 5. The number of hydrogen-bond acceptors (Lipinski definition) is 15. The maximum atomic E-state index is 14.8. The third kappa shape index (κ3) is 22.0. The second-order valence-corrected chi connectivity index (χ2v) is 26.3. The molecule has 4 saturated heterocycles. The van der Waals surface area contributed by atoms with E-state index in [0.29, 0.717) is 141 Å². The van der Waals surface area contributed by atoms with Gasteiger partial charge in [-0.3, -0.25) is 43.0 Å². The van der Waals surface area contributed by atoms with Crippen LogP contribution in [0.25, 0.3) is 0 Å². The Bertz CT molecular complexity index is 3040. The lowest BCUT2D eigenvalue weighted by atomic mass is 9.87. The van der Waals surface area contributed by atoms with E-state index >= 15 is 0 Å². The molecule has 95 heavy (non-hydrogen) atoms. The largest absolute Gasteiger partial charge is 0.379 e. The summed E-state index contributed by atoms with van der Waals surface area (Å²) in [6.07, 6.45) is 16.5. The van der Waals surface area contributed by atoms with Gasteiger partial charge in [0.1, 0.15) is 30.0 Å². The smallest absolute Gasteiger partial charge is 0.246 e. The Morgan fingerprint density at radius 1 is 0.537 bits per heavy atom. The number of nitrogens with zero attached hydrogens (tertiary/aromatic N) is 5. The van der Waals surface area contributed by atoms with E-state index in [9.17, 15) is 38.4 Å². The summed E-state index contributed by atoms with van der Waals surface area (Å²) in [5.41, 5.74) is 3.75. The molecular weight excluding hydrogens is 1200 g/mol. The van der Waals surface area contributed by atoms with Crippen LogP contribution < -0.4 is 26.6 Å². The van der Waals surface area contributed by atoms with E-state index < -0.39 is 42.3 Å². The second-order valence-electron chi connectivity index (χ2n) is 26.3. The Hall–Kier alpha value is -7.04. The summed E-state index contributed by atoms with van der Waals surface area (Å²) in [6.45, 7) is 6.98. The van der Waals surface area contributed by atoms with Crippen LogP contribution in [0.5, 0.6) is 0 Å².